The first-order valence-corrected chi connectivity index (χ1v) is 5.83. The molecule has 2 aromatic rings. The quantitative estimate of drug-likeness (QED) is 0.618. The van der Waals surface area contributed by atoms with E-state index in [-0.39, 0.29) is 11.5 Å². The van der Waals surface area contributed by atoms with Crippen molar-refractivity contribution in [3.8, 4) is 11.5 Å². The number of rotatable bonds is 3. The average Bonchev–Trinajstić information content (AvgIpc) is 2.26. The molecule has 0 amide bonds. The predicted octanol–water partition coefficient (Wildman–Crippen LogP) is 4.43. The Morgan fingerprint density at radius 2 is 1.84 bits per heavy atom. The van der Waals surface area contributed by atoms with Gasteiger partial charge in [0.2, 0.25) is 5.75 Å². The molecule has 0 aliphatic heterocycles. The standard InChI is InChI=1S/C12H6BrF2NO3/c13-7-3-9(15)5-10(4-7)19-12-6-8(14)1-2-11(12)16(17)18/h1-6H. The lowest BCUT2D eigenvalue weighted by molar-refractivity contribution is -0.385. The maximum absolute atomic E-state index is 13.2. The predicted molar refractivity (Wildman–Crippen MR) is 67.2 cm³/mol. The minimum atomic E-state index is -0.705. The lowest BCUT2D eigenvalue weighted by Gasteiger charge is -2.07. The topological polar surface area (TPSA) is 52.4 Å². The van der Waals surface area contributed by atoms with Gasteiger partial charge in [0.1, 0.15) is 17.4 Å². The summed E-state index contributed by atoms with van der Waals surface area (Å²) >= 11 is 3.06. The minimum absolute atomic E-state index is 0.0283. The van der Waals surface area contributed by atoms with Gasteiger partial charge in [-0.15, -0.1) is 0 Å². The fourth-order valence-electron chi connectivity index (χ4n) is 1.43. The molecule has 0 saturated carbocycles. The highest BCUT2D eigenvalue weighted by atomic mass is 79.9. The van der Waals surface area contributed by atoms with Crippen LogP contribution in [0.5, 0.6) is 11.5 Å². The summed E-state index contributed by atoms with van der Waals surface area (Å²) in [6.07, 6.45) is 0. The fraction of sp³-hybridized carbons (Fsp3) is 0. The maximum atomic E-state index is 13.2. The molecule has 0 radical (unpaired) electrons. The third-order valence-electron chi connectivity index (χ3n) is 2.18. The van der Waals surface area contributed by atoms with Crippen molar-refractivity contribution in [3.63, 3.8) is 0 Å². The molecule has 4 nitrogen and oxygen atoms in total. The molecule has 0 fully saturated rings. The molecular formula is C12H6BrF2NO3. The summed E-state index contributed by atoms with van der Waals surface area (Å²) in [5.74, 6) is -1.53. The van der Waals surface area contributed by atoms with Crippen molar-refractivity contribution >= 4 is 21.6 Å². The minimum Gasteiger partial charge on any atom is -0.450 e. The summed E-state index contributed by atoms with van der Waals surface area (Å²) in [5, 5.41) is 10.8. The molecule has 0 bridgehead atoms. The van der Waals surface area contributed by atoms with Crippen LogP contribution in [0.3, 0.4) is 0 Å². The van der Waals surface area contributed by atoms with Gasteiger partial charge in [-0.05, 0) is 18.2 Å². The molecule has 0 spiro atoms. The normalized spacial score (nSPS) is 10.3. The van der Waals surface area contributed by atoms with Crippen LogP contribution in [-0.2, 0) is 0 Å². The second-order valence-electron chi connectivity index (χ2n) is 3.58. The zero-order chi connectivity index (χ0) is 14.0. The van der Waals surface area contributed by atoms with Crippen LogP contribution >= 0.6 is 15.9 Å². The zero-order valence-corrected chi connectivity index (χ0v) is 10.9. The largest absolute Gasteiger partial charge is 0.450 e. The summed E-state index contributed by atoms with van der Waals surface area (Å²) in [7, 11) is 0. The number of hydrogen-bond donors (Lipinski definition) is 0. The molecule has 2 rings (SSSR count). The van der Waals surface area contributed by atoms with E-state index in [1.54, 1.807) is 0 Å². The highest BCUT2D eigenvalue weighted by Gasteiger charge is 2.17. The summed E-state index contributed by atoms with van der Waals surface area (Å²) in [6, 6.07) is 6.46. The molecule has 7 heteroatoms. The van der Waals surface area contributed by atoms with E-state index in [2.05, 4.69) is 15.9 Å². The molecule has 0 aliphatic carbocycles. The van der Waals surface area contributed by atoms with Crippen molar-refractivity contribution in [1.82, 2.24) is 0 Å². The van der Waals surface area contributed by atoms with Crippen LogP contribution in [0.15, 0.2) is 40.9 Å². The van der Waals surface area contributed by atoms with Crippen LogP contribution in [-0.4, -0.2) is 4.92 Å². The van der Waals surface area contributed by atoms with E-state index >= 15 is 0 Å². The van der Waals surface area contributed by atoms with Crippen molar-refractivity contribution in [2.24, 2.45) is 0 Å². The number of nitro benzene ring substituents is 1. The molecule has 19 heavy (non-hydrogen) atoms. The maximum Gasteiger partial charge on any atom is 0.311 e. The second kappa shape index (κ2) is 5.31. The Kier molecular flexibility index (Phi) is 3.75. The number of nitro groups is 1. The Bertz CT molecular complexity index is 629. The van der Waals surface area contributed by atoms with Crippen LogP contribution < -0.4 is 4.74 Å². The van der Waals surface area contributed by atoms with E-state index < -0.39 is 22.2 Å². The van der Waals surface area contributed by atoms with Gasteiger partial charge in [0, 0.05) is 22.7 Å². The van der Waals surface area contributed by atoms with Gasteiger partial charge < -0.3 is 4.74 Å². The number of nitrogens with zero attached hydrogens (tertiary/aromatic N) is 1. The summed E-state index contributed by atoms with van der Waals surface area (Å²) in [5.41, 5.74) is -0.401. The van der Waals surface area contributed by atoms with Gasteiger partial charge in [0.15, 0.2) is 0 Å². The van der Waals surface area contributed by atoms with Crippen LogP contribution in [0.4, 0.5) is 14.5 Å². The SMILES string of the molecule is O=[N+]([O-])c1ccc(F)cc1Oc1cc(F)cc(Br)c1. The molecule has 0 saturated heterocycles. The first-order valence-electron chi connectivity index (χ1n) is 5.03. The van der Waals surface area contributed by atoms with Crippen molar-refractivity contribution < 1.29 is 18.4 Å². The van der Waals surface area contributed by atoms with Crippen LogP contribution in [0.2, 0.25) is 0 Å². The fourth-order valence-corrected chi connectivity index (χ4v) is 1.88. The van der Waals surface area contributed by atoms with E-state index in [4.69, 9.17) is 4.74 Å². The molecule has 0 unspecified atom stereocenters. The smallest absolute Gasteiger partial charge is 0.311 e. The Morgan fingerprint density at radius 3 is 2.47 bits per heavy atom. The molecular weight excluding hydrogens is 324 g/mol. The molecule has 0 atom stereocenters. The van der Waals surface area contributed by atoms with E-state index in [0.29, 0.717) is 4.47 Å². The summed E-state index contributed by atoms with van der Waals surface area (Å²) < 4.78 is 31.8. The molecule has 0 heterocycles. The lowest BCUT2D eigenvalue weighted by atomic mass is 10.3. The van der Waals surface area contributed by atoms with Crippen LogP contribution in [0, 0.1) is 21.7 Å². The highest BCUT2D eigenvalue weighted by molar-refractivity contribution is 9.10. The van der Waals surface area contributed by atoms with E-state index in [0.717, 1.165) is 24.3 Å². The number of halogens is 3. The summed E-state index contributed by atoms with van der Waals surface area (Å²) in [4.78, 5) is 10.1. The third-order valence-corrected chi connectivity index (χ3v) is 2.64. The Hall–Kier alpha value is -2.02. The van der Waals surface area contributed by atoms with E-state index in [1.807, 2.05) is 0 Å². The molecule has 0 N–H and O–H groups in total. The molecule has 98 valence electrons. The number of benzene rings is 2. The second-order valence-corrected chi connectivity index (χ2v) is 4.49. The van der Waals surface area contributed by atoms with Crippen molar-refractivity contribution in [1.29, 1.82) is 0 Å². The number of ether oxygens (including phenoxy) is 1. The molecule has 0 aromatic heterocycles. The van der Waals surface area contributed by atoms with Crippen LogP contribution in [0.1, 0.15) is 0 Å². The van der Waals surface area contributed by atoms with Gasteiger partial charge in [-0.1, -0.05) is 15.9 Å². The average molecular weight is 330 g/mol. The van der Waals surface area contributed by atoms with E-state index in [9.17, 15) is 18.9 Å². The Balaban J connectivity index is 2.42. The Labute approximate surface area is 114 Å². The highest BCUT2D eigenvalue weighted by Crippen LogP contribution is 2.33. The van der Waals surface area contributed by atoms with Gasteiger partial charge in [-0.2, -0.15) is 0 Å². The van der Waals surface area contributed by atoms with Crippen LogP contribution in [0.25, 0.3) is 0 Å². The molecule has 0 aliphatic rings. The Morgan fingerprint density at radius 1 is 1.11 bits per heavy atom. The van der Waals surface area contributed by atoms with Crippen molar-refractivity contribution in [2.45, 2.75) is 0 Å². The van der Waals surface area contributed by atoms with E-state index in [1.165, 1.54) is 12.1 Å². The summed E-state index contributed by atoms with van der Waals surface area (Å²) in [6.45, 7) is 0. The monoisotopic (exact) mass is 329 g/mol. The lowest BCUT2D eigenvalue weighted by Crippen LogP contribution is -1.94. The zero-order valence-electron chi connectivity index (χ0n) is 9.27. The van der Waals surface area contributed by atoms with Gasteiger partial charge in [0.25, 0.3) is 0 Å². The number of hydrogen-bond acceptors (Lipinski definition) is 3. The molecule has 2 aromatic carbocycles. The van der Waals surface area contributed by atoms with Gasteiger partial charge in [0.05, 0.1) is 4.92 Å². The van der Waals surface area contributed by atoms with Crippen molar-refractivity contribution in [3.05, 3.63) is 62.6 Å². The van der Waals surface area contributed by atoms with Gasteiger partial charge in [-0.3, -0.25) is 10.1 Å². The van der Waals surface area contributed by atoms with Crippen molar-refractivity contribution in [2.75, 3.05) is 0 Å². The van der Waals surface area contributed by atoms with Gasteiger partial charge >= 0.3 is 5.69 Å². The first kappa shape index (κ1) is 13.4. The first-order chi connectivity index (χ1) is 8.95. The third kappa shape index (κ3) is 3.25. The van der Waals surface area contributed by atoms with Gasteiger partial charge in [-0.25, -0.2) is 8.78 Å².